The molecule has 2 heterocycles. The molecule has 1 saturated carbocycles. The summed E-state index contributed by atoms with van der Waals surface area (Å²) >= 11 is 0. The zero-order valence-electron chi connectivity index (χ0n) is 9.61. The van der Waals surface area contributed by atoms with Crippen LogP contribution in [0, 0.1) is 11.8 Å². The number of anilines is 1. The molecule has 1 saturated heterocycles. The predicted molar refractivity (Wildman–Crippen MR) is 63.5 cm³/mol. The molecule has 0 aromatic heterocycles. The number of hydrogen-bond donors (Lipinski definition) is 1. The molecule has 1 N–H and O–H groups in total. The Morgan fingerprint density at radius 3 is 3.12 bits per heavy atom. The fourth-order valence-electron chi connectivity index (χ4n) is 3.82. The van der Waals surface area contributed by atoms with Crippen LogP contribution in [0.2, 0.25) is 0 Å². The van der Waals surface area contributed by atoms with Crippen LogP contribution in [-0.4, -0.2) is 12.5 Å². The first-order valence-electron chi connectivity index (χ1n) is 6.37. The molecule has 88 valence electrons. The van der Waals surface area contributed by atoms with E-state index in [2.05, 4.69) is 11.4 Å². The van der Waals surface area contributed by atoms with Crippen molar-refractivity contribution < 1.29 is 9.53 Å². The van der Waals surface area contributed by atoms with Crippen LogP contribution < -0.4 is 5.32 Å². The minimum atomic E-state index is -0.294. The van der Waals surface area contributed by atoms with Crippen LogP contribution in [0.4, 0.5) is 5.69 Å². The van der Waals surface area contributed by atoms with Crippen molar-refractivity contribution in [3.63, 3.8) is 0 Å². The molecule has 0 radical (unpaired) electrons. The summed E-state index contributed by atoms with van der Waals surface area (Å²) in [4.78, 5) is 12.1. The van der Waals surface area contributed by atoms with Crippen LogP contribution >= 0.6 is 0 Å². The van der Waals surface area contributed by atoms with Crippen molar-refractivity contribution in [3.8, 4) is 0 Å². The van der Waals surface area contributed by atoms with Crippen molar-refractivity contribution in [1.29, 1.82) is 0 Å². The molecule has 3 atom stereocenters. The molecular formula is C14H15NO2. The van der Waals surface area contributed by atoms with E-state index < -0.39 is 0 Å². The smallest absolute Gasteiger partial charge is 0.230 e. The molecule has 2 aliphatic heterocycles. The summed E-state index contributed by atoms with van der Waals surface area (Å²) in [6.07, 6.45) is 3.31. The number of fused-ring (bicyclic) bond motifs is 1. The standard InChI is InChI=1S/C14H15NO2/c16-13-11-8-9-4-3-7-17-14(9,11)10-5-1-2-6-12(10)15-13/h1-2,5-6,9,11H,3-4,7-8H2,(H,15,16)/t9-,11+,14+/m0/s1. The average Bonchev–Trinajstić information content (AvgIpc) is 2.30. The van der Waals surface area contributed by atoms with Crippen LogP contribution in [0.5, 0.6) is 0 Å². The Hall–Kier alpha value is -1.35. The Morgan fingerprint density at radius 1 is 1.35 bits per heavy atom. The second kappa shape index (κ2) is 3.10. The Balaban J connectivity index is 1.91. The zero-order chi connectivity index (χ0) is 11.5. The minimum absolute atomic E-state index is 0.0303. The Morgan fingerprint density at radius 2 is 2.24 bits per heavy atom. The first-order valence-corrected chi connectivity index (χ1v) is 6.37. The highest BCUT2D eigenvalue weighted by atomic mass is 16.5. The molecule has 4 rings (SSSR count). The predicted octanol–water partition coefficient (Wildman–Crippen LogP) is 2.28. The van der Waals surface area contributed by atoms with Crippen molar-refractivity contribution >= 4 is 11.6 Å². The van der Waals surface area contributed by atoms with Gasteiger partial charge in [0.1, 0.15) is 5.60 Å². The summed E-state index contributed by atoms with van der Waals surface area (Å²) in [6, 6.07) is 8.09. The summed E-state index contributed by atoms with van der Waals surface area (Å²) in [6.45, 7) is 0.786. The number of amides is 1. The molecule has 1 amide bonds. The fourth-order valence-corrected chi connectivity index (χ4v) is 3.82. The van der Waals surface area contributed by atoms with Crippen LogP contribution in [0.3, 0.4) is 0 Å². The van der Waals surface area contributed by atoms with Crippen LogP contribution in [-0.2, 0) is 15.1 Å². The van der Waals surface area contributed by atoms with Gasteiger partial charge in [0.2, 0.25) is 5.91 Å². The molecule has 1 aromatic carbocycles. The average molecular weight is 229 g/mol. The van der Waals surface area contributed by atoms with Crippen molar-refractivity contribution in [2.24, 2.45) is 11.8 Å². The van der Waals surface area contributed by atoms with E-state index in [1.165, 1.54) is 12.0 Å². The van der Waals surface area contributed by atoms with E-state index in [1.54, 1.807) is 0 Å². The molecule has 0 unspecified atom stereocenters. The molecule has 3 nitrogen and oxygen atoms in total. The molecule has 1 aromatic rings. The van der Waals surface area contributed by atoms with Crippen LogP contribution in [0.25, 0.3) is 0 Å². The van der Waals surface area contributed by atoms with Gasteiger partial charge in [-0.05, 0) is 31.2 Å². The van der Waals surface area contributed by atoms with E-state index in [-0.39, 0.29) is 17.4 Å². The topological polar surface area (TPSA) is 38.3 Å². The number of para-hydroxylation sites is 1. The number of hydrogen-bond acceptors (Lipinski definition) is 2. The van der Waals surface area contributed by atoms with Gasteiger partial charge in [-0.15, -0.1) is 0 Å². The highest BCUT2D eigenvalue weighted by Gasteiger charge is 2.63. The third-order valence-electron chi connectivity index (χ3n) is 4.60. The van der Waals surface area contributed by atoms with Gasteiger partial charge in [0, 0.05) is 17.9 Å². The van der Waals surface area contributed by atoms with Crippen molar-refractivity contribution in [2.45, 2.75) is 24.9 Å². The van der Waals surface area contributed by atoms with Crippen molar-refractivity contribution in [2.75, 3.05) is 11.9 Å². The number of benzene rings is 1. The lowest BCUT2D eigenvalue weighted by Crippen LogP contribution is -2.63. The second-order valence-electron chi connectivity index (χ2n) is 5.30. The first kappa shape index (κ1) is 9.66. The Kier molecular flexibility index (Phi) is 1.76. The third kappa shape index (κ3) is 1.03. The third-order valence-corrected chi connectivity index (χ3v) is 4.60. The maximum absolute atomic E-state index is 12.1. The molecule has 0 bridgehead atoms. The Labute approximate surface area is 100 Å². The van der Waals surface area contributed by atoms with Gasteiger partial charge in [-0.2, -0.15) is 0 Å². The summed E-state index contributed by atoms with van der Waals surface area (Å²) < 4.78 is 6.10. The highest BCUT2D eigenvalue weighted by Crippen LogP contribution is 2.61. The van der Waals surface area contributed by atoms with E-state index in [9.17, 15) is 4.79 Å². The van der Waals surface area contributed by atoms with Crippen molar-refractivity contribution in [3.05, 3.63) is 29.8 Å². The molecule has 1 spiro atoms. The fraction of sp³-hybridized carbons (Fsp3) is 0.500. The van der Waals surface area contributed by atoms with Gasteiger partial charge in [0.15, 0.2) is 0 Å². The summed E-state index contributed by atoms with van der Waals surface area (Å²) in [5.41, 5.74) is 1.85. The van der Waals surface area contributed by atoms with Gasteiger partial charge in [-0.1, -0.05) is 18.2 Å². The molecule has 17 heavy (non-hydrogen) atoms. The first-order chi connectivity index (χ1) is 8.32. The monoisotopic (exact) mass is 229 g/mol. The normalized spacial score (nSPS) is 38.2. The lowest BCUT2D eigenvalue weighted by atomic mass is 9.54. The number of carbonyl (C=O) groups excluding carboxylic acids is 1. The van der Waals surface area contributed by atoms with E-state index in [0.29, 0.717) is 5.92 Å². The van der Waals surface area contributed by atoms with Gasteiger partial charge in [0.25, 0.3) is 0 Å². The van der Waals surface area contributed by atoms with Crippen LogP contribution in [0.15, 0.2) is 24.3 Å². The lowest BCUT2D eigenvalue weighted by molar-refractivity contribution is -0.224. The van der Waals surface area contributed by atoms with E-state index >= 15 is 0 Å². The SMILES string of the molecule is O=C1Nc2ccccc2[C@]23OCCC[C@H]2C[C@H]13. The minimum Gasteiger partial charge on any atom is -0.369 e. The number of carbonyl (C=O) groups is 1. The summed E-state index contributed by atoms with van der Waals surface area (Å²) in [5, 5.41) is 3.00. The van der Waals surface area contributed by atoms with Crippen molar-refractivity contribution in [1.82, 2.24) is 0 Å². The van der Waals surface area contributed by atoms with Gasteiger partial charge >= 0.3 is 0 Å². The number of nitrogens with one attached hydrogen (secondary N) is 1. The molecule has 1 aliphatic carbocycles. The Bertz CT molecular complexity index is 499. The largest absolute Gasteiger partial charge is 0.369 e. The maximum atomic E-state index is 12.1. The molecule has 3 heteroatoms. The number of rotatable bonds is 0. The second-order valence-corrected chi connectivity index (χ2v) is 5.30. The molecular weight excluding hydrogens is 214 g/mol. The molecule has 3 aliphatic rings. The zero-order valence-corrected chi connectivity index (χ0v) is 9.61. The highest BCUT2D eigenvalue weighted by molar-refractivity contribution is 5.98. The van der Waals surface area contributed by atoms with Gasteiger partial charge in [-0.25, -0.2) is 0 Å². The van der Waals surface area contributed by atoms with E-state index in [1.807, 2.05) is 18.2 Å². The van der Waals surface area contributed by atoms with Crippen LogP contribution in [0.1, 0.15) is 24.8 Å². The summed E-state index contributed by atoms with van der Waals surface area (Å²) in [5.74, 6) is 0.706. The van der Waals surface area contributed by atoms with E-state index in [0.717, 1.165) is 25.1 Å². The van der Waals surface area contributed by atoms with Gasteiger partial charge in [0.05, 0.1) is 5.92 Å². The quantitative estimate of drug-likeness (QED) is 0.741. The molecule has 2 fully saturated rings. The van der Waals surface area contributed by atoms with E-state index in [4.69, 9.17) is 4.74 Å². The van der Waals surface area contributed by atoms with Gasteiger partial charge in [-0.3, -0.25) is 4.79 Å². The summed E-state index contributed by atoms with van der Waals surface area (Å²) in [7, 11) is 0. The van der Waals surface area contributed by atoms with Gasteiger partial charge < -0.3 is 10.1 Å². The lowest BCUT2D eigenvalue weighted by Gasteiger charge is -2.59. The number of ether oxygens (including phenoxy) is 1. The maximum Gasteiger partial charge on any atom is 0.230 e.